The van der Waals surface area contributed by atoms with Gasteiger partial charge in [-0.25, -0.2) is 0 Å². The Labute approximate surface area is 137 Å². The van der Waals surface area contributed by atoms with Gasteiger partial charge in [0, 0.05) is 4.70 Å². The minimum absolute atomic E-state index is 0.224. The Kier molecular flexibility index (Phi) is 4.36. The van der Waals surface area contributed by atoms with Crippen LogP contribution in [-0.4, -0.2) is 24.7 Å². The molecule has 5 nitrogen and oxygen atoms in total. The molecular weight excluding hydrogens is 314 g/mol. The molecule has 2 aromatic heterocycles. The van der Waals surface area contributed by atoms with Gasteiger partial charge in [-0.05, 0) is 48.2 Å². The molecule has 0 radical (unpaired) electrons. The Hall–Kier alpha value is -2.31. The number of rotatable bonds is 5. The highest BCUT2D eigenvalue weighted by Gasteiger charge is 2.21. The Morgan fingerprint density at radius 2 is 2.26 bits per heavy atom. The number of carbonyl (C=O) groups is 1. The van der Waals surface area contributed by atoms with Crippen molar-refractivity contribution < 1.29 is 19.1 Å². The van der Waals surface area contributed by atoms with Gasteiger partial charge < -0.3 is 19.6 Å². The Bertz CT molecular complexity index is 823. The van der Waals surface area contributed by atoms with Gasteiger partial charge in [-0.1, -0.05) is 0 Å². The summed E-state index contributed by atoms with van der Waals surface area (Å²) in [6.45, 7) is 1.69. The quantitative estimate of drug-likeness (QED) is 0.753. The van der Waals surface area contributed by atoms with E-state index >= 15 is 0 Å². The van der Waals surface area contributed by atoms with E-state index < -0.39 is 6.04 Å². The fourth-order valence-electron chi connectivity index (χ4n) is 2.46. The first-order chi connectivity index (χ1) is 11.1. The third kappa shape index (κ3) is 2.95. The number of ether oxygens (including phenoxy) is 1. The number of benzene rings is 1. The summed E-state index contributed by atoms with van der Waals surface area (Å²) >= 11 is 1.42. The lowest BCUT2D eigenvalue weighted by molar-refractivity contribution is 0.0911. The topological polar surface area (TPSA) is 71.7 Å². The van der Waals surface area contributed by atoms with Crippen molar-refractivity contribution in [3.63, 3.8) is 0 Å². The normalized spacial score (nSPS) is 12.3. The van der Waals surface area contributed by atoms with Crippen LogP contribution in [0.25, 0.3) is 10.1 Å². The third-order valence-electron chi connectivity index (χ3n) is 3.72. The second-order valence-electron chi connectivity index (χ2n) is 5.14. The molecule has 2 heterocycles. The van der Waals surface area contributed by atoms with Crippen LogP contribution in [0.15, 0.2) is 41.0 Å². The first-order valence-corrected chi connectivity index (χ1v) is 7.98. The number of methoxy groups -OCH3 is 1. The monoisotopic (exact) mass is 331 g/mol. The van der Waals surface area contributed by atoms with Gasteiger partial charge in [0.1, 0.15) is 17.6 Å². The number of fused-ring (bicyclic) bond motifs is 1. The number of nitrogens with one attached hydrogen (secondary N) is 1. The van der Waals surface area contributed by atoms with Crippen molar-refractivity contribution in [3.8, 4) is 5.75 Å². The highest BCUT2D eigenvalue weighted by Crippen LogP contribution is 2.33. The zero-order valence-electron chi connectivity index (χ0n) is 12.8. The largest absolute Gasteiger partial charge is 0.497 e. The van der Waals surface area contributed by atoms with Crippen LogP contribution in [-0.2, 0) is 0 Å². The zero-order chi connectivity index (χ0) is 16.4. The lowest BCUT2D eigenvalue weighted by atomic mass is 10.1. The van der Waals surface area contributed by atoms with E-state index in [-0.39, 0.29) is 12.5 Å². The van der Waals surface area contributed by atoms with Crippen LogP contribution < -0.4 is 10.1 Å². The zero-order valence-corrected chi connectivity index (χ0v) is 13.6. The number of furan rings is 1. The van der Waals surface area contributed by atoms with Crippen molar-refractivity contribution >= 4 is 27.3 Å². The third-order valence-corrected chi connectivity index (χ3v) is 5.00. The maximum atomic E-state index is 12.6. The number of aliphatic hydroxyl groups is 1. The highest BCUT2D eigenvalue weighted by atomic mass is 32.1. The molecule has 0 saturated heterocycles. The molecule has 0 saturated carbocycles. The molecule has 0 aliphatic heterocycles. The van der Waals surface area contributed by atoms with Crippen molar-refractivity contribution in [2.45, 2.75) is 13.0 Å². The molecule has 120 valence electrons. The van der Waals surface area contributed by atoms with Crippen LogP contribution in [0.4, 0.5) is 0 Å². The summed E-state index contributed by atoms with van der Waals surface area (Å²) in [5.41, 5.74) is 0.900. The van der Waals surface area contributed by atoms with E-state index in [0.717, 1.165) is 21.4 Å². The van der Waals surface area contributed by atoms with E-state index in [0.29, 0.717) is 10.6 Å². The van der Waals surface area contributed by atoms with Gasteiger partial charge >= 0.3 is 0 Å². The summed E-state index contributed by atoms with van der Waals surface area (Å²) < 4.78 is 11.5. The summed E-state index contributed by atoms with van der Waals surface area (Å²) in [5, 5.41) is 13.3. The van der Waals surface area contributed by atoms with Gasteiger partial charge in [0.2, 0.25) is 0 Å². The summed E-state index contributed by atoms with van der Waals surface area (Å²) in [6.07, 6.45) is 1.51. The van der Waals surface area contributed by atoms with Crippen LogP contribution in [0.1, 0.15) is 27.0 Å². The average molecular weight is 331 g/mol. The average Bonchev–Trinajstić information content (AvgIpc) is 3.20. The molecule has 1 unspecified atom stereocenters. The molecule has 0 aliphatic rings. The molecule has 1 aromatic carbocycles. The molecule has 0 spiro atoms. The molecule has 1 amide bonds. The predicted molar refractivity (Wildman–Crippen MR) is 89.1 cm³/mol. The van der Waals surface area contributed by atoms with E-state index in [4.69, 9.17) is 9.15 Å². The number of amides is 1. The molecular formula is C17H17NO4S. The van der Waals surface area contributed by atoms with Gasteiger partial charge in [-0.3, -0.25) is 4.79 Å². The van der Waals surface area contributed by atoms with Crippen LogP contribution in [0.3, 0.4) is 0 Å². The smallest absolute Gasteiger partial charge is 0.262 e. The van der Waals surface area contributed by atoms with Crippen molar-refractivity contribution in [1.29, 1.82) is 0 Å². The number of aliphatic hydroxyl groups excluding tert-OH is 1. The van der Waals surface area contributed by atoms with Crippen molar-refractivity contribution in [1.82, 2.24) is 5.32 Å². The predicted octanol–water partition coefficient (Wildman–Crippen LogP) is 3.27. The van der Waals surface area contributed by atoms with E-state index in [1.807, 2.05) is 25.1 Å². The summed E-state index contributed by atoms with van der Waals surface area (Å²) in [4.78, 5) is 13.2. The summed E-state index contributed by atoms with van der Waals surface area (Å²) in [5.74, 6) is 1.06. The Balaban J connectivity index is 1.90. The molecule has 6 heteroatoms. The van der Waals surface area contributed by atoms with Crippen LogP contribution >= 0.6 is 11.3 Å². The van der Waals surface area contributed by atoms with Crippen LogP contribution in [0, 0.1) is 6.92 Å². The number of hydrogen-bond acceptors (Lipinski definition) is 5. The molecule has 3 rings (SSSR count). The van der Waals surface area contributed by atoms with Crippen molar-refractivity contribution in [2.75, 3.05) is 13.7 Å². The molecule has 3 aromatic rings. The Morgan fingerprint density at radius 1 is 1.43 bits per heavy atom. The van der Waals surface area contributed by atoms with Gasteiger partial charge in [0.05, 0.1) is 24.9 Å². The molecule has 1 atom stereocenters. The SMILES string of the molecule is COc1ccc2sc(C(=O)NC(CO)c3ccco3)c(C)c2c1. The number of carbonyl (C=O) groups excluding carboxylic acids is 1. The molecule has 2 N–H and O–H groups in total. The minimum atomic E-state index is -0.559. The van der Waals surface area contributed by atoms with Crippen LogP contribution in [0.5, 0.6) is 5.75 Å². The standard InChI is InChI=1S/C17H17NO4S/c1-10-12-8-11(21-2)5-6-15(12)23-16(10)17(20)18-13(9-19)14-4-3-7-22-14/h3-8,13,19H,9H2,1-2H3,(H,18,20). The number of hydrogen-bond donors (Lipinski definition) is 2. The molecule has 0 fully saturated rings. The van der Waals surface area contributed by atoms with Gasteiger partial charge in [-0.2, -0.15) is 0 Å². The highest BCUT2D eigenvalue weighted by molar-refractivity contribution is 7.21. The van der Waals surface area contributed by atoms with Gasteiger partial charge in [-0.15, -0.1) is 11.3 Å². The first kappa shape index (κ1) is 15.6. The lowest BCUT2D eigenvalue weighted by Gasteiger charge is -2.13. The van der Waals surface area contributed by atoms with E-state index in [1.54, 1.807) is 19.2 Å². The maximum Gasteiger partial charge on any atom is 0.262 e. The number of aryl methyl sites for hydroxylation is 1. The molecule has 0 aliphatic carbocycles. The summed E-state index contributed by atoms with van der Waals surface area (Å²) in [7, 11) is 1.62. The lowest BCUT2D eigenvalue weighted by Crippen LogP contribution is -2.30. The van der Waals surface area contributed by atoms with Crippen molar-refractivity contribution in [3.05, 3.63) is 52.8 Å². The second-order valence-corrected chi connectivity index (χ2v) is 6.19. The summed E-state index contributed by atoms with van der Waals surface area (Å²) in [6, 6.07) is 8.63. The second kappa shape index (κ2) is 6.44. The Morgan fingerprint density at radius 3 is 2.91 bits per heavy atom. The van der Waals surface area contributed by atoms with Gasteiger partial charge in [0.15, 0.2) is 0 Å². The minimum Gasteiger partial charge on any atom is -0.497 e. The fraction of sp³-hybridized carbons (Fsp3) is 0.235. The van der Waals surface area contributed by atoms with Crippen molar-refractivity contribution in [2.24, 2.45) is 0 Å². The number of thiophene rings is 1. The fourth-order valence-corrected chi connectivity index (χ4v) is 3.56. The maximum absolute atomic E-state index is 12.6. The van der Waals surface area contributed by atoms with E-state index in [2.05, 4.69) is 5.32 Å². The van der Waals surface area contributed by atoms with E-state index in [1.165, 1.54) is 17.6 Å². The van der Waals surface area contributed by atoms with E-state index in [9.17, 15) is 9.90 Å². The van der Waals surface area contributed by atoms with Crippen LogP contribution in [0.2, 0.25) is 0 Å². The van der Waals surface area contributed by atoms with Gasteiger partial charge in [0.25, 0.3) is 5.91 Å². The first-order valence-electron chi connectivity index (χ1n) is 7.16. The molecule has 23 heavy (non-hydrogen) atoms. The molecule has 0 bridgehead atoms.